The smallest absolute Gasteiger partial charge is 0.275 e. The van der Waals surface area contributed by atoms with Gasteiger partial charge in [0.25, 0.3) is 0 Å². The summed E-state index contributed by atoms with van der Waals surface area (Å²) >= 11 is 0. The first kappa shape index (κ1) is 10.4. The lowest BCUT2D eigenvalue weighted by Crippen LogP contribution is -2.47. The van der Waals surface area contributed by atoms with E-state index in [1.807, 2.05) is 0 Å². The number of amides is 1. The van der Waals surface area contributed by atoms with Gasteiger partial charge in [-0.3, -0.25) is 9.48 Å². The van der Waals surface area contributed by atoms with Crippen LogP contribution in [0.4, 0.5) is 0 Å². The predicted octanol–water partition coefficient (Wildman–Crippen LogP) is 0.177. The van der Waals surface area contributed by atoms with Gasteiger partial charge in [0.1, 0.15) is 0 Å². The van der Waals surface area contributed by atoms with Crippen molar-refractivity contribution in [1.29, 1.82) is 0 Å². The molecule has 0 spiro atoms. The second kappa shape index (κ2) is 3.21. The highest BCUT2D eigenvalue weighted by Crippen LogP contribution is 2.37. The Kier molecular flexibility index (Phi) is 2.23. The maximum absolute atomic E-state index is 11.1. The Labute approximate surface area is 91.0 Å². The zero-order valence-corrected chi connectivity index (χ0v) is 9.36. The Morgan fingerprint density at radius 1 is 1.60 bits per heavy atom. The average molecular weight is 250 g/mol. The van der Waals surface area contributed by atoms with Crippen molar-refractivity contribution in [3.05, 3.63) is 18.0 Å². The van der Waals surface area contributed by atoms with Gasteiger partial charge in [-0.15, -0.1) is 0 Å². The first-order chi connectivity index (χ1) is 6.89. The summed E-state index contributed by atoms with van der Waals surface area (Å²) in [5.41, 5.74) is 0.668. The highest BCUT2D eigenvalue weighted by molar-refractivity contribution is 8.12. The average Bonchev–Trinajstić information content (AvgIpc) is 2.43. The van der Waals surface area contributed by atoms with Crippen molar-refractivity contribution in [2.24, 2.45) is 7.05 Å². The fourth-order valence-corrected chi connectivity index (χ4v) is 2.88. The SMILES string of the molecule is Cn1cc(C2CC(=O)N2S(=O)(=O)Cl)cn1. The van der Waals surface area contributed by atoms with Crippen LogP contribution in [0.1, 0.15) is 18.0 Å². The minimum Gasteiger partial charge on any atom is -0.275 e. The number of carbonyl (C=O) groups is 1. The van der Waals surface area contributed by atoms with Crippen LogP contribution in [-0.4, -0.2) is 28.4 Å². The molecule has 0 saturated carbocycles. The molecular formula is C7H8ClN3O3S. The lowest BCUT2D eigenvalue weighted by atomic mass is 10.0. The zero-order valence-electron chi connectivity index (χ0n) is 7.79. The van der Waals surface area contributed by atoms with Crippen molar-refractivity contribution < 1.29 is 13.2 Å². The van der Waals surface area contributed by atoms with Crippen LogP contribution in [0.25, 0.3) is 0 Å². The highest BCUT2D eigenvalue weighted by atomic mass is 35.7. The van der Waals surface area contributed by atoms with Crippen LogP contribution in [0.15, 0.2) is 12.4 Å². The van der Waals surface area contributed by atoms with Gasteiger partial charge in [-0.25, -0.2) is 4.31 Å². The van der Waals surface area contributed by atoms with E-state index < -0.39 is 21.2 Å². The lowest BCUT2D eigenvalue weighted by molar-refractivity contribution is -0.137. The van der Waals surface area contributed by atoms with Gasteiger partial charge in [-0.2, -0.15) is 13.5 Å². The number of hydrogen-bond donors (Lipinski definition) is 0. The Morgan fingerprint density at radius 2 is 2.27 bits per heavy atom. The van der Waals surface area contributed by atoms with Crippen LogP contribution in [-0.2, 0) is 21.1 Å². The molecule has 8 heteroatoms. The first-order valence-electron chi connectivity index (χ1n) is 4.15. The van der Waals surface area contributed by atoms with Gasteiger partial charge >= 0.3 is 9.24 Å². The number of aromatic nitrogens is 2. The Bertz CT molecular complexity index is 509. The van der Waals surface area contributed by atoms with Gasteiger partial charge < -0.3 is 0 Å². The topological polar surface area (TPSA) is 72.3 Å². The molecule has 1 aliphatic heterocycles. The molecule has 15 heavy (non-hydrogen) atoms. The normalized spacial score (nSPS) is 21.6. The van der Waals surface area contributed by atoms with E-state index >= 15 is 0 Å². The quantitative estimate of drug-likeness (QED) is 0.554. The molecule has 1 unspecified atom stereocenters. The van der Waals surface area contributed by atoms with Crippen LogP contribution < -0.4 is 0 Å². The minimum atomic E-state index is -3.98. The van der Waals surface area contributed by atoms with E-state index in [9.17, 15) is 13.2 Å². The van der Waals surface area contributed by atoms with Crippen LogP contribution in [0.5, 0.6) is 0 Å². The zero-order chi connectivity index (χ0) is 11.2. The number of halogens is 1. The largest absolute Gasteiger partial charge is 0.324 e. The first-order valence-corrected chi connectivity index (χ1v) is 6.41. The molecule has 1 aliphatic rings. The van der Waals surface area contributed by atoms with Crippen molar-refractivity contribution in [2.75, 3.05) is 0 Å². The van der Waals surface area contributed by atoms with Gasteiger partial charge in [0.2, 0.25) is 5.91 Å². The molecule has 1 aromatic heterocycles. The molecule has 1 saturated heterocycles. The van der Waals surface area contributed by atoms with Gasteiger partial charge in [-0.1, -0.05) is 0 Å². The third-order valence-electron chi connectivity index (χ3n) is 2.24. The predicted molar refractivity (Wildman–Crippen MR) is 52.2 cm³/mol. The van der Waals surface area contributed by atoms with Crippen LogP contribution in [0.2, 0.25) is 0 Å². The third-order valence-corrected chi connectivity index (χ3v) is 3.62. The van der Waals surface area contributed by atoms with Crippen molar-refractivity contribution in [2.45, 2.75) is 12.5 Å². The molecule has 1 atom stereocenters. The van der Waals surface area contributed by atoms with Gasteiger partial charge in [0, 0.05) is 29.5 Å². The van der Waals surface area contributed by atoms with Crippen LogP contribution >= 0.6 is 10.7 Å². The van der Waals surface area contributed by atoms with E-state index in [0.29, 0.717) is 9.87 Å². The number of hydrogen-bond acceptors (Lipinski definition) is 4. The number of rotatable bonds is 2. The van der Waals surface area contributed by atoms with E-state index in [-0.39, 0.29) is 6.42 Å². The Hall–Kier alpha value is -1.08. The molecule has 1 fully saturated rings. The monoisotopic (exact) mass is 249 g/mol. The molecule has 0 radical (unpaired) electrons. The molecule has 6 nitrogen and oxygen atoms in total. The standard InChI is InChI=1S/C7H8ClN3O3S/c1-10-4-5(3-9-10)6-2-7(12)11(6)15(8,13)14/h3-4,6H,2H2,1H3. The summed E-state index contributed by atoms with van der Waals surface area (Å²) in [6.45, 7) is 0. The summed E-state index contributed by atoms with van der Waals surface area (Å²) < 4.78 is 24.3. The van der Waals surface area contributed by atoms with E-state index in [1.165, 1.54) is 10.9 Å². The van der Waals surface area contributed by atoms with E-state index in [2.05, 4.69) is 5.10 Å². The van der Waals surface area contributed by atoms with Crippen molar-refractivity contribution in [3.8, 4) is 0 Å². The summed E-state index contributed by atoms with van der Waals surface area (Å²) in [7, 11) is 2.86. The number of nitrogens with zero attached hydrogens (tertiary/aromatic N) is 3. The van der Waals surface area contributed by atoms with Crippen molar-refractivity contribution >= 4 is 25.8 Å². The molecule has 2 rings (SSSR count). The molecule has 0 bridgehead atoms. The highest BCUT2D eigenvalue weighted by Gasteiger charge is 2.45. The summed E-state index contributed by atoms with van der Waals surface area (Å²) in [4.78, 5) is 11.1. The summed E-state index contributed by atoms with van der Waals surface area (Å²) in [5, 5.41) is 3.90. The van der Waals surface area contributed by atoms with E-state index in [4.69, 9.17) is 10.7 Å². The molecule has 2 heterocycles. The fraction of sp³-hybridized carbons (Fsp3) is 0.429. The maximum atomic E-state index is 11.1. The van der Waals surface area contributed by atoms with Gasteiger partial charge in [0.05, 0.1) is 18.7 Å². The minimum absolute atomic E-state index is 0.150. The molecule has 1 amide bonds. The molecule has 0 N–H and O–H groups in total. The number of aryl methyl sites for hydroxylation is 1. The summed E-state index contributed by atoms with van der Waals surface area (Å²) in [6.07, 6.45) is 3.33. The Balaban J connectivity index is 2.30. The van der Waals surface area contributed by atoms with Crippen LogP contribution in [0.3, 0.4) is 0 Å². The molecule has 1 aromatic rings. The molecule has 82 valence electrons. The molecule has 0 aromatic carbocycles. The van der Waals surface area contributed by atoms with Gasteiger partial charge in [-0.05, 0) is 0 Å². The van der Waals surface area contributed by atoms with E-state index in [0.717, 1.165) is 0 Å². The summed E-state index contributed by atoms with van der Waals surface area (Å²) in [6, 6.07) is -0.506. The second-order valence-electron chi connectivity index (χ2n) is 3.30. The van der Waals surface area contributed by atoms with E-state index in [1.54, 1.807) is 13.2 Å². The fourth-order valence-electron chi connectivity index (χ4n) is 1.54. The van der Waals surface area contributed by atoms with Crippen molar-refractivity contribution in [1.82, 2.24) is 14.1 Å². The maximum Gasteiger partial charge on any atom is 0.324 e. The van der Waals surface area contributed by atoms with Crippen LogP contribution in [0, 0.1) is 0 Å². The molecule has 0 aliphatic carbocycles. The van der Waals surface area contributed by atoms with Gasteiger partial charge in [0.15, 0.2) is 0 Å². The second-order valence-corrected chi connectivity index (χ2v) is 5.69. The third kappa shape index (κ3) is 1.72. The van der Waals surface area contributed by atoms with Crippen molar-refractivity contribution in [3.63, 3.8) is 0 Å². The Morgan fingerprint density at radius 3 is 2.67 bits per heavy atom. The number of carbonyl (C=O) groups excluding carboxylic acids is 1. The number of β-lactam (4-membered cyclic amide) rings is 1. The lowest BCUT2D eigenvalue weighted by Gasteiger charge is -2.36. The summed E-state index contributed by atoms with van der Waals surface area (Å²) in [5.74, 6) is -0.487. The molecular weight excluding hydrogens is 242 g/mol.